The summed E-state index contributed by atoms with van der Waals surface area (Å²) in [4.78, 5) is 46.1. The highest BCUT2D eigenvalue weighted by Crippen LogP contribution is 2.25. The van der Waals surface area contributed by atoms with E-state index in [1.807, 2.05) is 17.5 Å². The van der Waals surface area contributed by atoms with Gasteiger partial charge in [-0.1, -0.05) is 31.2 Å². The predicted molar refractivity (Wildman–Crippen MR) is 121 cm³/mol. The van der Waals surface area contributed by atoms with Crippen molar-refractivity contribution >= 4 is 33.4 Å². The van der Waals surface area contributed by atoms with E-state index in [4.69, 9.17) is 0 Å². The standard InChI is InChI=1S/C22H21N5O3S/c1-4-13-5-7-14(8-6-13)16-12-31-21(24-16)25-17(28)11-15-9-10-23-19-18(15)20(29)27(3)22(30)26(19)2/h5-10,12H,4,11H2,1-3H3,(H,24,25,28). The molecule has 31 heavy (non-hydrogen) atoms. The number of aromatic nitrogens is 4. The van der Waals surface area contributed by atoms with E-state index in [0.717, 1.165) is 22.2 Å². The Labute approximate surface area is 181 Å². The van der Waals surface area contributed by atoms with Gasteiger partial charge in [-0.3, -0.25) is 18.7 Å². The number of fused-ring (bicyclic) bond motifs is 1. The van der Waals surface area contributed by atoms with Crippen LogP contribution in [0.15, 0.2) is 51.5 Å². The first-order chi connectivity index (χ1) is 14.9. The lowest BCUT2D eigenvalue weighted by Gasteiger charge is -2.10. The summed E-state index contributed by atoms with van der Waals surface area (Å²) < 4.78 is 2.32. The Bertz CT molecular complexity index is 1400. The highest BCUT2D eigenvalue weighted by Gasteiger charge is 2.16. The molecular weight excluding hydrogens is 414 g/mol. The molecule has 1 N–H and O–H groups in total. The maximum Gasteiger partial charge on any atom is 0.332 e. The zero-order chi connectivity index (χ0) is 22.1. The number of carbonyl (C=O) groups is 1. The van der Waals surface area contributed by atoms with Crippen molar-refractivity contribution in [2.45, 2.75) is 19.8 Å². The topological polar surface area (TPSA) is 98.9 Å². The number of aryl methyl sites for hydroxylation is 2. The van der Waals surface area contributed by atoms with Gasteiger partial charge in [0.15, 0.2) is 5.13 Å². The fourth-order valence-corrected chi connectivity index (χ4v) is 4.14. The van der Waals surface area contributed by atoms with Crippen molar-refractivity contribution in [3.8, 4) is 11.3 Å². The van der Waals surface area contributed by atoms with Gasteiger partial charge in [-0.2, -0.15) is 0 Å². The largest absolute Gasteiger partial charge is 0.332 e. The maximum atomic E-state index is 12.7. The summed E-state index contributed by atoms with van der Waals surface area (Å²) in [6.07, 6.45) is 2.43. The SMILES string of the molecule is CCc1ccc(-c2csc(NC(=O)Cc3ccnc4c3c(=O)n(C)c(=O)n4C)n2)cc1. The molecule has 4 rings (SSSR count). The highest BCUT2D eigenvalue weighted by atomic mass is 32.1. The third-order valence-corrected chi connectivity index (χ3v) is 5.94. The Balaban J connectivity index is 1.57. The molecule has 0 saturated carbocycles. The number of rotatable bonds is 5. The molecule has 8 nitrogen and oxygen atoms in total. The average Bonchev–Trinajstić information content (AvgIpc) is 3.24. The second kappa shape index (κ2) is 8.27. The molecule has 0 aliphatic heterocycles. The molecule has 0 spiro atoms. The van der Waals surface area contributed by atoms with E-state index in [1.165, 1.54) is 34.7 Å². The second-order valence-corrected chi connectivity index (χ2v) is 8.05. The van der Waals surface area contributed by atoms with E-state index in [-0.39, 0.29) is 23.4 Å². The lowest BCUT2D eigenvalue weighted by molar-refractivity contribution is -0.115. The van der Waals surface area contributed by atoms with E-state index < -0.39 is 11.2 Å². The van der Waals surface area contributed by atoms with Gasteiger partial charge in [-0.25, -0.2) is 14.8 Å². The van der Waals surface area contributed by atoms with Gasteiger partial charge < -0.3 is 5.32 Å². The Morgan fingerprint density at radius 3 is 2.55 bits per heavy atom. The molecule has 0 bridgehead atoms. The zero-order valence-corrected chi connectivity index (χ0v) is 18.2. The van der Waals surface area contributed by atoms with Crippen LogP contribution in [-0.4, -0.2) is 25.0 Å². The fraction of sp³-hybridized carbons (Fsp3) is 0.227. The van der Waals surface area contributed by atoms with E-state index in [2.05, 4.69) is 34.3 Å². The number of carbonyl (C=O) groups excluding carboxylic acids is 1. The first kappa shape index (κ1) is 20.7. The lowest BCUT2D eigenvalue weighted by Crippen LogP contribution is -2.37. The molecule has 1 amide bonds. The Morgan fingerprint density at radius 2 is 1.84 bits per heavy atom. The van der Waals surface area contributed by atoms with Gasteiger partial charge in [0.1, 0.15) is 5.65 Å². The number of nitrogens with one attached hydrogen (secondary N) is 1. The number of hydrogen-bond acceptors (Lipinski definition) is 6. The van der Waals surface area contributed by atoms with Gasteiger partial charge in [0.2, 0.25) is 5.91 Å². The summed E-state index contributed by atoms with van der Waals surface area (Å²) in [5, 5.41) is 5.44. The van der Waals surface area contributed by atoms with Crippen molar-refractivity contribution < 1.29 is 4.79 Å². The quantitative estimate of drug-likeness (QED) is 0.519. The second-order valence-electron chi connectivity index (χ2n) is 7.19. The normalized spacial score (nSPS) is 11.1. The predicted octanol–water partition coefficient (Wildman–Crippen LogP) is 2.50. The van der Waals surface area contributed by atoms with Crippen LogP contribution >= 0.6 is 11.3 Å². The van der Waals surface area contributed by atoms with Crippen molar-refractivity contribution in [3.05, 3.63) is 73.9 Å². The molecule has 0 radical (unpaired) electrons. The molecule has 0 aliphatic rings. The van der Waals surface area contributed by atoms with Crippen LogP contribution in [0, 0.1) is 0 Å². The number of anilines is 1. The van der Waals surface area contributed by atoms with E-state index in [1.54, 1.807) is 13.1 Å². The van der Waals surface area contributed by atoms with Gasteiger partial charge in [-0.15, -0.1) is 11.3 Å². The number of thiazole rings is 1. The number of hydrogen-bond donors (Lipinski definition) is 1. The van der Waals surface area contributed by atoms with Crippen LogP contribution in [0.25, 0.3) is 22.3 Å². The molecule has 3 aromatic heterocycles. The molecule has 4 aromatic rings. The highest BCUT2D eigenvalue weighted by molar-refractivity contribution is 7.14. The minimum atomic E-state index is -0.471. The number of amides is 1. The zero-order valence-electron chi connectivity index (χ0n) is 17.4. The molecule has 9 heteroatoms. The van der Waals surface area contributed by atoms with E-state index >= 15 is 0 Å². The molecule has 0 fully saturated rings. The summed E-state index contributed by atoms with van der Waals surface area (Å²) in [5.41, 5.74) is 2.85. The lowest BCUT2D eigenvalue weighted by atomic mass is 10.1. The van der Waals surface area contributed by atoms with Crippen LogP contribution in [0.4, 0.5) is 5.13 Å². The van der Waals surface area contributed by atoms with Crippen molar-refractivity contribution in [3.63, 3.8) is 0 Å². The third-order valence-electron chi connectivity index (χ3n) is 5.19. The molecule has 3 heterocycles. The number of benzene rings is 1. The molecule has 0 unspecified atom stereocenters. The summed E-state index contributed by atoms with van der Waals surface area (Å²) in [6.45, 7) is 2.10. The Kier molecular flexibility index (Phi) is 5.51. The third kappa shape index (κ3) is 3.91. The van der Waals surface area contributed by atoms with Gasteiger partial charge in [-0.05, 0) is 23.6 Å². The summed E-state index contributed by atoms with van der Waals surface area (Å²) in [7, 11) is 2.95. The molecule has 158 valence electrons. The van der Waals surface area contributed by atoms with Gasteiger partial charge in [0.25, 0.3) is 5.56 Å². The van der Waals surface area contributed by atoms with Crippen molar-refractivity contribution in [1.29, 1.82) is 0 Å². The summed E-state index contributed by atoms with van der Waals surface area (Å²) in [5.74, 6) is -0.300. The van der Waals surface area contributed by atoms with E-state index in [0.29, 0.717) is 10.7 Å². The first-order valence-electron chi connectivity index (χ1n) is 9.77. The van der Waals surface area contributed by atoms with Crippen LogP contribution in [0.5, 0.6) is 0 Å². The van der Waals surface area contributed by atoms with E-state index in [9.17, 15) is 14.4 Å². The molecule has 0 aliphatic carbocycles. The average molecular weight is 436 g/mol. The molecule has 1 aromatic carbocycles. The molecular formula is C22H21N5O3S. The van der Waals surface area contributed by atoms with Crippen molar-refractivity contribution in [2.75, 3.05) is 5.32 Å². The number of pyridine rings is 1. The van der Waals surface area contributed by atoms with Crippen LogP contribution in [0.1, 0.15) is 18.1 Å². The van der Waals surface area contributed by atoms with Crippen LogP contribution in [0.2, 0.25) is 0 Å². The van der Waals surface area contributed by atoms with Crippen LogP contribution in [0.3, 0.4) is 0 Å². The first-order valence-corrected chi connectivity index (χ1v) is 10.6. The summed E-state index contributed by atoms with van der Waals surface area (Å²) >= 11 is 1.34. The maximum absolute atomic E-state index is 12.7. The molecule has 0 saturated heterocycles. The van der Waals surface area contributed by atoms with Gasteiger partial charge in [0, 0.05) is 31.2 Å². The number of nitrogens with zero attached hydrogens (tertiary/aromatic N) is 4. The monoisotopic (exact) mass is 435 g/mol. The molecule has 0 atom stereocenters. The van der Waals surface area contributed by atoms with Crippen LogP contribution < -0.4 is 16.6 Å². The fourth-order valence-electron chi connectivity index (χ4n) is 3.41. The minimum absolute atomic E-state index is 0.0351. The Hall–Kier alpha value is -3.59. The smallest absolute Gasteiger partial charge is 0.302 e. The van der Waals surface area contributed by atoms with Crippen molar-refractivity contribution in [1.82, 2.24) is 19.1 Å². The van der Waals surface area contributed by atoms with Crippen LogP contribution in [-0.2, 0) is 31.7 Å². The van der Waals surface area contributed by atoms with Gasteiger partial charge in [0.05, 0.1) is 17.5 Å². The van der Waals surface area contributed by atoms with Gasteiger partial charge >= 0.3 is 5.69 Å². The minimum Gasteiger partial charge on any atom is -0.302 e. The Morgan fingerprint density at radius 1 is 1.10 bits per heavy atom. The van der Waals surface area contributed by atoms with Crippen molar-refractivity contribution in [2.24, 2.45) is 14.1 Å². The summed E-state index contributed by atoms with van der Waals surface area (Å²) in [6, 6.07) is 9.78.